The predicted molar refractivity (Wildman–Crippen MR) is 123 cm³/mol. The van der Waals surface area contributed by atoms with Crippen LogP contribution in [0.5, 0.6) is 5.75 Å². The number of benzodiazepines with no additional fused rings is 1. The lowest BCUT2D eigenvalue weighted by Crippen LogP contribution is -2.42. The Kier molecular flexibility index (Phi) is 5.10. The molecule has 3 N–H and O–H groups in total. The van der Waals surface area contributed by atoms with Crippen molar-refractivity contribution in [2.45, 2.75) is 6.17 Å². The maximum absolute atomic E-state index is 14.6. The van der Waals surface area contributed by atoms with Crippen LogP contribution in [0.15, 0.2) is 77.8 Å². The molecule has 0 aliphatic carbocycles. The predicted octanol–water partition coefficient (Wildman–Crippen LogP) is 3.86. The van der Waals surface area contributed by atoms with E-state index in [2.05, 4.69) is 20.6 Å². The smallest absolute Gasteiger partial charge is 0.269 e. The zero-order valence-electron chi connectivity index (χ0n) is 17.6. The van der Waals surface area contributed by atoms with Gasteiger partial charge >= 0.3 is 0 Å². The zero-order valence-corrected chi connectivity index (χ0v) is 17.6. The fourth-order valence-corrected chi connectivity index (χ4v) is 3.78. The van der Waals surface area contributed by atoms with Crippen molar-refractivity contribution < 1.29 is 18.7 Å². The van der Waals surface area contributed by atoms with Gasteiger partial charge in [0.1, 0.15) is 17.3 Å². The number of aromatic amines is 1. The number of carbonyl (C=O) groups is 2. The molecular weight excluding hydrogens is 423 g/mol. The summed E-state index contributed by atoms with van der Waals surface area (Å²) in [4.78, 5) is 33.4. The fourth-order valence-electron chi connectivity index (χ4n) is 3.78. The SMILES string of the molecule is COc1ccc2[nH]c(C(=O)NC3N=C(c4ccccc4F)c4ccccc4NC3=O)cc2c1. The summed E-state index contributed by atoms with van der Waals surface area (Å²) in [5, 5.41) is 6.20. The molecule has 0 fully saturated rings. The van der Waals surface area contributed by atoms with Gasteiger partial charge in [0, 0.05) is 22.0 Å². The number of H-pyrrole nitrogens is 1. The highest BCUT2D eigenvalue weighted by Crippen LogP contribution is 2.25. The van der Waals surface area contributed by atoms with Gasteiger partial charge in [-0.25, -0.2) is 9.38 Å². The molecule has 33 heavy (non-hydrogen) atoms. The van der Waals surface area contributed by atoms with E-state index < -0.39 is 23.8 Å². The molecule has 3 aromatic carbocycles. The molecule has 164 valence electrons. The van der Waals surface area contributed by atoms with Gasteiger partial charge in [0.2, 0.25) is 6.17 Å². The maximum atomic E-state index is 14.6. The molecule has 1 unspecified atom stereocenters. The Morgan fingerprint density at radius 1 is 1.03 bits per heavy atom. The van der Waals surface area contributed by atoms with Gasteiger partial charge in [0.05, 0.1) is 18.5 Å². The van der Waals surface area contributed by atoms with Crippen molar-refractivity contribution in [2.75, 3.05) is 12.4 Å². The van der Waals surface area contributed by atoms with Crippen LogP contribution in [-0.4, -0.2) is 35.8 Å². The molecule has 7 nitrogen and oxygen atoms in total. The first-order valence-electron chi connectivity index (χ1n) is 10.2. The number of halogens is 1. The number of amides is 2. The van der Waals surface area contributed by atoms with Crippen LogP contribution in [0.25, 0.3) is 10.9 Å². The Morgan fingerprint density at radius 3 is 2.58 bits per heavy atom. The van der Waals surface area contributed by atoms with E-state index in [4.69, 9.17) is 4.74 Å². The number of anilines is 1. The molecule has 1 aliphatic rings. The summed E-state index contributed by atoms with van der Waals surface area (Å²) in [6.07, 6.45) is -1.26. The molecule has 1 aliphatic heterocycles. The number of hydrogen-bond donors (Lipinski definition) is 3. The summed E-state index contributed by atoms with van der Waals surface area (Å²) in [5.41, 5.74) is 2.56. The second-order valence-corrected chi connectivity index (χ2v) is 7.50. The van der Waals surface area contributed by atoms with E-state index in [1.54, 1.807) is 73.8 Å². The number of methoxy groups -OCH3 is 1. The number of benzene rings is 3. The van der Waals surface area contributed by atoms with Crippen molar-refractivity contribution in [3.63, 3.8) is 0 Å². The first-order valence-corrected chi connectivity index (χ1v) is 10.2. The molecule has 2 heterocycles. The molecule has 1 atom stereocenters. The molecule has 0 spiro atoms. The number of aromatic nitrogens is 1. The third kappa shape index (κ3) is 3.82. The van der Waals surface area contributed by atoms with Gasteiger partial charge in [0.15, 0.2) is 0 Å². The van der Waals surface area contributed by atoms with Gasteiger partial charge in [-0.2, -0.15) is 0 Å². The number of ether oxygens (including phenoxy) is 1. The van der Waals surface area contributed by atoms with E-state index in [9.17, 15) is 14.0 Å². The van der Waals surface area contributed by atoms with E-state index in [1.165, 1.54) is 6.07 Å². The van der Waals surface area contributed by atoms with Crippen LogP contribution in [0.4, 0.5) is 10.1 Å². The number of hydrogen-bond acceptors (Lipinski definition) is 4. The molecule has 0 saturated carbocycles. The van der Waals surface area contributed by atoms with E-state index in [0.29, 0.717) is 17.0 Å². The minimum atomic E-state index is -1.26. The first-order chi connectivity index (χ1) is 16.0. The average Bonchev–Trinajstić information content (AvgIpc) is 3.20. The van der Waals surface area contributed by atoms with E-state index >= 15 is 0 Å². The standard InChI is InChI=1S/C25H19FN4O3/c1-33-15-10-11-19-14(12-15)13-21(27-19)24(31)30-23-25(32)28-20-9-5-3-7-17(20)22(29-23)16-6-2-4-8-18(16)26/h2-13,23,27H,1H3,(H,28,32)(H,30,31). The molecule has 8 heteroatoms. The van der Waals surface area contributed by atoms with Gasteiger partial charge in [-0.05, 0) is 42.5 Å². The van der Waals surface area contributed by atoms with Crippen LogP contribution in [-0.2, 0) is 4.79 Å². The van der Waals surface area contributed by atoms with Gasteiger partial charge in [-0.15, -0.1) is 0 Å². The Morgan fingerprint density at radius 2 is 1.79 bits per heavy atom. The summed E-state index contributed by atoms with van der Waals surface area (Å²) in [5.74, 6) is -0.864. The summed E-state index contributed by atoms with van der Waals surface area (Å²) in [6, 6.07) is 20.2. The monoisotopic (exact) mass is 442 g/mol. The average molecular weight is 442 g/mol. The molecule has 1 aromatic heterocycles. The number of rotatable bonds is 4. The molecule has 0 saturated heterocycles. The number of aliphatic imine (C=N–C) groups is 1. The lowest BCUT2D eigenvalue weighted by atomic mass is 10.0. The van der Waals surface area contributed by atoms with Gasteiger partial charge in [0.25, 0.3) is 11.8 Å². The van der Waals surface area contributed by atoms with Crippen molar-refractivity contribution in [3.05, 3.63) is 95.4 Å². The van der Waals surface area contributed by atoms with Crippen LogP contribution >= 0.6 is 0 Å². The Hall–Kier alpha value is -4.46. The third-order valence-corrected chi connectivity index (χ3v) is 5.42. The van der Waals surface area contributed by atoms with Crippen LogP contribution in [0.2, 0.25) is 0 Å². The minimum absolute atomic E-state index is 0.235. The second kappa shape index (κ2) is 8.23. The first kappa shape index (κ1) is 20.4. The second-order valence-electron chi connectivity index (χ2n) is 7.50. The Bertz CT molecular complexity index is 1430. The number of para-hydroxylation sites is 1. The lowest BCUT2D eigenvalue weighted by Gasteiger charge is -2.13. The Balaban J connectivity index is 1.52. The zero-order chi connectivity index (χ0) is 22.9. The molecule has 5 rings (SSSR count). The number of carbonyl (C=O) groups excluding carboxylic acids is 2. The van der Waals surface area contributed by atoms with Crippen LogP contribution in [0.1, 0.15) is 21.6 Å². The Labute approximate surface area is 188 Å². The minimum Gasteiger partial charge on any atom is -0.497 e. The maximum Gasteiger partial charge on any atom is 0.269 e. The summed E-state index contributed by atoms with van der Waals surface area (Å²) in [7, 11) is 1.56. The molecule has 0 bridgehead atoms. The lowest BCUT2D eigenvalue weighted by molar-refractivity contribution is -0.117. The highest BCUT2D eigenvalue weighted by atomic mass is 19.1. The number of nitrogens with zero attached hydrogens (tertiary/aromatic N) is 1. The van der Waals surface area contributed by atoms with Crippen LogP contribution in [0.3, 0.4) is 0 Å². The molecule has 2 amide bonds. The normalized spacial score (nSPS) is 15.3. The summed E-state index contributed by atoms with van der Waals surface area (Å²) >= 11 is 0. The van der Waals surface area contributed by atoms with Gasteiger partial charge < -0.3 is 20.4 Å². The number of fused-ring (bicyclic) bond motifs is 2. The fraction of sp³-hybridized carbons (Fsp3) is 0.0800. The van der Waals surface area contributed by atoms with E-state index in [1.807, 2.05) is 0 Å². The van der Waals surface area contributed by atoms with Crippen LogP contribution in [0, 0.1) is 5.82 Å². The van der Waals surface area contributed by atoms with Crippen molar-refractivity contribution in [1.29, 1.82) is 0 Å². The summed E-state index contributed by atoms with van der Waals surface area (Å²) in [6.45, 7) is 0. The quantitative estimate of drug-likeness (QED) is 0.448. The van der Waals surface area contributed by atoms with Gasteiger partial charge in [-0.3, -0.25) is 9.59 Å². The highest BCUT2D eigenvalue weighted by molar-refractivity contribution is 6.20. The molecular formula is C25H19FN4O3. The van der Waals surface area contributed by atoms with Crippen molar-refractivity contribution in [3.8, 4) is 5.75 Å². The molecule has 0 radical (unpaired) electrons. The van der Waals surface area contributed by atoms with E-state index in [0.717, 1.165) is 10.9 Å². The van der Waals surface area contributed by atoms with E-state index in [-0.39, 0.29) is 17.0 Å². The highest BCUT2D eigenvalue weighted by Gasteiger charge is 2.28. The van der Waals surface area contributed by atoms with Crippen molar-refractivity contribution in [1.82, 2.24) is 10.3 Å². The summed E-state index contributed by atoms with van der Waals surface area (Å²) < 4.78 is 19.9. The van der Waals surface area contributed by atoms with Crippen molar-refractivity contribution >= 4 is 34.1 Å². The van der Waals surface area contributed by atoms with Crippen LogP contribution < -0.4 is 15.4 Å². The topological polar surface area (TPSA) is 95.6 Å². The third-order valence-electron chi connectivity index (χ3n) is 5.42. The number of nitrogens with one attached hydrogen (secondary N) is 3. The van der Waals surface area contributed by atoms with Gasteiger partial charge in [-0.1, -0.05) is 30.3 Å². The van der Waals surface area contributed by atoms with Crippen molar-refractivity contribution in [2.24, 2.45) is 4.99 Å². The largest absolute Gasteiger partial charge is 0.497 e. The molecule has 4 aromatic rings.